The second-order valence-electron chi connectivity index (χ2n) is 3.50. The monoisotopic (exact) mass is 160 g/mol. The van der Waals surface area contributed by atoms with Crippen LogP contribution in [0.25, 0.3) is 0 Å². The second-order valence-corrected chi connectivity index (χ2v) is 3.50. The van der Waals surface area contributed by atoms with Crippen LogP contribution < -0.4 is 5.73 Å². The highest BCUT2D eigenvalue weighted by Crippen LogP contribution is 1.96. The second kappa shape index (κ2) is 5.52. The van der Waals surface area contributed by atoms with E-state index >= 15 is 0 Å². The van der Waals surface area contributed by atoms with Crippen LogP contribution in [0.1, 0.15) is 13.8 Å². The first-order valence-electron chi connectivity index (χ1n) is 4.13. The van der Waals surface area contributed by atoms with E-state index < -0.39 is 0 Å². The van der Waals surface area contributed by atoms with Gasteiger partial charge in [0.15, 0.2) is 0 Å². The van der Waals surface area contributed by atoms with E-state index in [1.807, 2.05) is 7.05 Å². The summed E-state index contributed by atoms with van der Waals surface area (Å²) in [6.45, 7) is 6.35. The summed E-state index contributed by atoms with van der Waals surface area (Å²) in [6.07, 6.45) is -0.376. The third kappa shape index (κ3) is 6.28. The third-order valence-electron chi connectivity index (χ3n) is 1.47. The Balaban J connectivity index is 3.43. The van der Waals surface area contributed by atoms with Crippen LogP contribution in [0.3, 0.4) is 0 Å². The van der Waals surface area contributed by atoms with Gasteiger partial charge < -0.3 is 15.7 Å². The van der Waals surface area contributed by atoms with E-state index in [1.54, 1.807) is 0 Å². The molecular weight excluding hydrogens is 140 g/mol. The van der Waals surface area contributed by atoms with Crippen LogP contribution in [0, 0.1) is 5.92 Å². The lowest BCUT2D eigenvalue weighted by molar-refractivity contribution is 0.126. The van der Waals surface area contributed by atoms with Gasteiger partial charge in [-0.05, 0) is 13.0 Å². The lowest BCUT2D eigenvalue weighted by Gasteiger charge is -2.21. The molecule has 3 nitrogen and oxygen atoms in total. The topological polar surface area (TPSA) is 49.5 Å². The van der Waals surface area contributed by atoms with Gasteiger partial charge in [-0.3, -0.25) is 0 Å². The molecule has 0 radical (unpaired) electrons. The fourth-order valence-electron chi connectivity index (χ4n) is 1.13. The van der Waals surface area contributed by atoms with Crippen LogP contribution in [0.2, 0.25) is 0 Å². The maximum Gasteiger partial charge on any atom is 0.0788 e. The number of hydrogen-bond acceptors (Lipinski definition) is 3. The Morgan fingerprint density at radius 3 is 2.27 bits per heavy atom. The van der Waals surface area contributed by atoms with Crippen molar-refractivity contribution >= 4 is 0 Å². The molecule has 0 spiro atoms. The molecule has 0 heterocycles. The van der Waals surface area contributed by atoms with Crippen LogP contribution >= 0.6 is 0 Å². The molecule has 0 aromatic carbocycles. The van der Waals surface area contributed by atoms with Crippen LogP contribution in [0.15, 0.2) is 0 Å². The molecule has 68 valence electrons. The number of nitrogens with zero attached hydrogens (tertiary/aromatic N) is 1. The fraction of sp³-hybridized carbons (Fsp3) is 1.00. The normalized spacial score (nSPS) is 14.5. The lowest BCUT2D eigenvalue weighted by Crippen LogP contribution is -2.35. The van der Waals surface area contributed by atoms with E-state index in [9.17, 15) is 5.11 Å². The molecule has 0 saturated carbocycles. The first kappa shape index (κ1) is 10.9. The third-order valence-corrected chi connectivity index (χ3v) is 1.47. The van der Waals surface area contributed by atoms with Crippen molar-refractivity contribution in [2.45, 2.75) is 20.0 Å². The first-order valence-corrected chi connectivity index (χ1v) is 4.13. The average molecular weight is 160 g/mol. The molecule has 0 saturated heterocycles. The quantitative estimate of drug-likeness (QED) is 0.590. The molecule has 0 rings (SSSR count). The van der Waals surface area contributed by atoms with Gasteiger partial charge in [-0.25, -0.2) is 0 Å². The zero-order chi connectivity index (χ0) is 8.85. The largest absolute Gasteiger partial charge is 0.390 e. The van der Waals surface area contributed by atoms with Crippen molar-refractivity contribution in [1.29, 1.82) is 0 Å². The summed E-state index contributed by atoms with van der Waals surface area (Å²) < 4.78 is 0. The van der Waals surface area contributed by atoms with Gasteiger partial charge in [0.2, 0.25) is 0 Å². The van der Waals surface area contributed by atoms with E-state index in [1.165, 1.54) is 0 Å². The highest BCUT2D eigenvalue weighted by atomic mass is 16.3. The van der Waals surface area contributed by atoms with E-state index in [2.05, 4.69) is 18.7 Å². The van der Waals surface area contributed by atoms with Crippen LogP contribution in [-0.4, -0.2) is 42.8 Å². The number of hydrogen-bond donors (Lipinski definition) is 2. The van der Waals surface area contributed by atoms with Gasteiger partial charge in [-0.15, -0.1) is 0 Å². The van der Waals surface area contributed by atoms with Gasteiger partial charge in [-0.2, -0.15) is 0 Å². The molecule has 0 aromatic rings. The number of aliphatic hydroxyl groups excluding tert-OH is 1. The van der Waals surface area contributed by atoms with Crippen molar-refractivity contribution in [3.8, 4) is 0 Å². The van der Waals surface area contributed by atoms with Crippen LogP contribution in [-0.2, 0) is 0 Å². The Hall–Kier alpha value is -0.120. The van der Waals surface area contributed by atoms with Gasteiger partial charge in [0.05, 0.1) is 6.10 Å². The molecule has 1 atom stereocenters. The highest BCUT2D eigenvalue weighted by molar-refractivity contribution is 4.62. The molecule has 0 fully saturated rings. The minimum atomic E-state index is -0.376. The molecule has 0 aromatic heterocycles. The predicted molar refractivity (Wildman–Crippen MR) is 47.4 cm³/mol. The molecule has 0 aliphatic carbocycles. The Labute approximate surface area is 69.2 Å². The zero-order valence-electron chi connectivity index (χ0n) is 7.75. The minimum absolute atomic E-state index is 0.350. The smallest absolute Gasteiger partial charge is 0.0788 e. The Bertz CT molecular complexity index is 96.1. The van der Waals surface area contributed by atoms with Crippen molar-refractivity contribution in [2.24, 2.45) is 11.7 Å². The lowest BCUT2D eigenvalue weighted by atomic mass is 10.2. The van der Waals surface area contributed by atoms with E-state index in [0.717, 1.165) is 6.54 Å². The SMILES string of the molecule is CC(C)CN(C)CC(O)CN. The number of aliphatic hydroxyl groups is 1. The Kier molecular flexibility index (Phi) is 5.46. The Morgan fingerprint density at radius 1 is 1.36 bits per heavy atom. The summed E-state index contributed by atoms with van der Waals surface area (Å²) in [5.74, 6) is 0.643. The first-order chi connectivity index (χ1) is 5.06. The van der Waals surface area contributed by atoms with Gasteiger partial charge in [0.1, 0.15) is 0 Å². The highest BCUT2D eigenvalue weighted by Gasteiger charge is 2.06. The maximum absolute atomic E-state index is 9.17. The van der Waals surface area contributed by atoms with Gasteiger partial charge >= 0.3 is 0 Å². The molecule has 0 amide bonds. The molecule has 3 heteroatoms. The van der Waals surface area contributed by atoms with Crippen molar-refractivity contribution in [3.05, 3.63) is 0 Å². The molecule has 1 unspecified atom stereocenters. The predicted octanol–water partition coefficient (Wildman–Crippen LogP) is -0.106. The molecule has 11 heavy (non-hydrogen) atoms. The summed E-state index contributed by atoms with van der Waals surface area (Å²) in [6, 6.07) is 0. The van der Waals surface area contributed by atoms with Crippen LogP contribution in [0.5, 0.6) is 0 Å². The van der Waals surface area contributed by atoms with Crippen molar-refractivity contribution in [3.63, 3.8) is 0 Å². The molecular formula is C8H20N2O. The molecule has 0 aliphatic heterocycles. The van der Waals surface area contributed by atoms with Crippen LogP contribution in [0.4, 0.5) is 0 Å². The van der Waals surface area contributed by atoms with E-state index in [4.69, 9.17) is 5.73 Å². The minimum Gasteiger partial charge on any atom is -0.390 e. The molecule has 3 N–H and O–H groups in total. The summed E-state index contributed by atoms with van der Waals surface area (Å²) in [7, 11) is 2.00. The standard InChI is InChI=1S/C8H20N2O/c1-7(2)5-10(3)6-8(11)4-9/h7-8,11H,4-6,9H2,1-3H3. The van der Waals surface area contributed by atoms with E-state index in [-0.39, 0.29) is 6.10 Å². The van der Waals surface area contributed by atoms with Crippen molar-refractivity contribution < 1.29 is 5.11 Å². The summed E-state index contributed by atoms with van der Waals surface area (Å²) in [5.41, 5.74) is 5.27. The number of likely N-dealkylation sites (N-methyl/N-ethyl adjacent to an activating group) is 1. The number of rotatable bonds is 5. The summed E-state index contributed by atoms with van der Waals surface area (Å²) >= 11 is 0. The zero-order valence-corrected chi connectivity index (χ0v) is 7.75. The fourth-order valence-corrected chi connectivity index (χ4v) is 1.13. The summed E-state index contributed by atoms with van der Waals surface area (Å²) in [5, 5.41) is 9.17. The Morgan fingerprint density at radius 2 is 1.91 bits per heavy atom. The maximum atomic E-state index is 9.17. The van der Waals surface area contributed by atoms with Crippen molar-refractivity contribution in [1.82, 2.24) is 4.90 Å². The van der Waals surface area contributed by atoms with Gasteiger partial charge in [0, 0.05) is 19.6 Å². The van der Waals surface area contributed by atoms with Gasteiger partial charge in [-0.1, -0.05) is 13.8 Å². The van der Waals surface area contributed by atoms with Gasteiger partial charge in [0.25, 0.3) is 0 Å². The number of nitrogens with two attached hydrogens (primary N) is 1. The molecule has 0 bridgehead atoms. The van der Waals surface area contributed by atoms with E-state index in [0.29, 0.717) is 19.0 Å². The molecule has 0 aliphatic rings. The summed E-state index contributed by atoms with van der Waals surface area (Å²) in [4.78, 5) is 2.10. The van der Waals surface area contributed by atoms with Crippen molar-refractivity contribution in [2.75, 3.05) is 26.7 Å². The average Bonchev–Trinajstić information content (AvgIpc) is 1.85.